The van der Waals surface area contributed by atoms with Gasteiger partial charge in [-0.25, -0.2) is 12.3 Å². The second kappa shape index (κ2) is 24.4. The fourth-order valence-corrected chi connectivity index (χ4v) is 2.16. The van der Waals surface area contributed by atoms with E-state index in [1.165, 1.54) is 0 Å². The van der Waals surface area contributed by atoms with E-state index in [1.807, 2.05) is 0 Å². The summed E-state index contributed by atoms with van der Waals surface area (Å²) in [6, 6.07) is 0.759. The molecular formula is C24H50N4O2Ru. The minimum atomic E-state index is 0. The molecule has 0 aromatic rings. The summed E-state index contributed by atoms with van der Waals surface area (Å²) in [6.07, 6.45) is 2.54. The third-order valence-electron chi connectivity index (χ3n) is 3.48. The van der Waals surface area contributed by atoms with Crippen molar-refractivity contribution in [3.05, 3.63) is 21.3 Å². The Morgan fingerprint density at radius 2 is 0.839 bits per heavy atom. The number of hydrogen-bond acceptors (Lipinski definition) is 2. The van der Waals surface area contributed by atoms with Gasteiger partial charge in [0.15, 0.2) is 0 Å². The number of carbonyl (C=O) groups excluding carboxylic acids is 2. The Morgan fingerprint density at radius 3 is 0.968 bits per heavy atom. The van der Waals surface area contributed by atoms with Gasteiger partial charge in [0, 0.05) is 0 Å². The summed E-state index contributed by atoms with van der Waals surface area (Å²) in [6.45, 7) is 34.3. The summed E-state index contributed by atoms with van der Waals surface area (Å²) in [5.41, 5.74) is 0.332. The second-order valence-corrected chi connectivity index (χ2v) is 9.78. The molecule has 186 valence electrons. The van der Waals surface area contributed by atoms with Gasteiger partial charge in [-0.05, 0) is 0 Å². The van der Waals surface area contributed by atoms with Crippen LogP contribution in [0.25, 0.3) is 21.3 Å². The Bertz CT molecular complexity index is 322. The molecule has 2 atom stereocenters. The fraction of sp³-hybridized carbons (Fsp3) is 0.917. The first kappa shape index (κ1) is 41.1. The van der Waals surface area contributed by atoms with Gasteiger partial charge in [0.05, 0.1) is 0 Å². The van der Waals surface area contributed by atoms with Crippen LogP contribution in [0.4, 0.5) is 0 Å². The topological polar surface area (TPSA) is 90.5 Å². The van der Waals surface area contributed by atoms with Crippen molar-refractivity contribution < 1.29 is 29.1 Å². The normalized spacial score (nSPS) is 12.8. The van der Waals surface area contributed by atoms with Crippen molar-refractivity contribution in [3.63, 3.8) is 0 Å². The van der Waals surface area contributed by atoms with E-state index in [4.69, 9.17) is 9.59 Å². The Hall–Kier alpha value is -0.197. The molecule has 0 spiro atoms. The van der Waals surface area contributed by atoms with E-state index in [-0.39, 0.29) is 42.6 Å². The third kappa shape index (κ3) is 29.8. The molecule has 31 heavy (non-hydrogen) atoms. The molecule has 0 aliphatic rings. The van der Waals surface area contributed by atoms with E-state index < -0.39 is 0 Å². The molecule has 0 N–H and O–H groups in total. The standard InChI is InChI=1S/2C11H24N2.2CHO.Ru/c2*1-7-8-12-10(11(4,5)6)13-9(2)3;2*1-2;/h2*9-10H,7-8H2,1-6H3;2*1H;/q2*-2;2*-1;+6. The first-order valence-corrected chi connectivity index (χ1v) is 11.0. The van der Waals surface area contributed by atoms with E-state index in [9.17, 15) is 0 Å². The largest absolute Gasteiger partial charge is 6.00 e. The van der Waals surface area contributed by atoms with Gasteiger partial charge in [-0.2, -0.15) is 13.1 Å². The van der Waals surface area contributed by atoms with Crippen LogP contribution in [-0.4, -0.2) is 51.1 Å². The van der Waals surface area contributed by atoms with Gasteiger partial charge in [-0.1, -0.05) is 107 Å². The summed E-state index contributed by atoms with van der Waals surface area (Å²) in [5.74, 6) is 0. The van der Waals surface area contributed by atoms with E-state index in [0.717, 1.165) is 25.9 Å². The van der Waals surface area contributed by atoms with Crippen molar-refractivity contribution in [2.75, 3.05) is 13.1 Å². The number of rotatable bonds is 10. The Balaban J connectivity index is -0.000000122. The maximum Gasteiger partial charge on any atom is 6.00 e. The molecule has 0 saturated heterocycles. The molecule has 0 aliphatic carbocycles. The van der Waals surface area contributed by atoms with Crippen LogP contribution in [0, 0.1) is 10.8 Å². The number of nitrogens with zero attached hydrogens (tertiary/aromatic N) is 4. The van der Waals surface area contributed by atoms with Crippen LogP contribution >= 0.6 is 0 Å². The second-order valence-electron chi connectivity index (χ2n) is 9.78. The summed E-state index contributed by atoms with van der Waals surface area (Å²) >= 11 is 0. The van der Waals surface area contributed by atoms with Crippen LogP contribution in [0.15, 0.2) is 0 Å². The van der Waals surface area contributed by atoms with Gasteiger partial charge in [-0.3, -0.25) is 13.6 Å². The first-order valence-electron chi connectivity index (χ1n) is 11.0. The molecule has 7 heteroatoms. The van der Waals surface area contributed by atoms with Crippen molar-refractivity contribution in [3.8, 4) is 0 Å². The summed E-state index contributed by atoms with van der Waals surface area (Å²) in [7, 11) is 0. The van der Waals surface area contributed by atoms with E-state index in [2.05, 4.69) is 118 Å². The van der Waals surface area contributed by atoms with Crippen LogP contribution in [0.1, 0.15) is 95.9 Å². The van der Waals surface area contributed by atoms with Crippen molar-refractivity contribution in [2.24, 2.45) is 10.8 Å². The van der Waals surface area contributed by atoms with Gasteiger partial charge >= 0.3 is 19.5 Å². The van der Waals surface area contributed by atoms with Crippen molar-refractivity contribution in [1.82, 2.24) is 0 Å². The minimum Gasteiger partial charge on any atom is -0.677 e. The molecule has 0 amide bonds. The third-order valence-corrected chi connectivity index (χ3v) is 3.48. The predicted octanol–water partition coefficient (Wildman–Crippen LogP) is 7.30. The zero-order valence-electron chi connectivity index (χ0n) is 22.3. The van der Waals surface area contributed by atoms with Gasteiger partial charge in [-0.15, -0.1) is 12.1 Å². The average Bonchev–Trinajstić information content (AvgIpc) is 2.63. The van der Waals surface area contributed by atoms with E-state index in [0.29, 0.717) is 12.1 Å². The quantitative estimate of drug-likeness (QED) is 0.169. The maximum absolute atomic E-state index is 7.75. The van der Waals surface area contributed by atoms with Crippen LogP contribution < -0.4 is 0 Å². The van der Waals surface area contributed by atoms with Crippen LogP contribution in [0.2, 0.25) is 0 Å². The van der Waals surface area contributed by atoms with Gasteiger partial charge < -0.3 is 30.9 Å². The Kier molecular flexibility index (Phi) is 32.4. The van der Waals surface area contributed by atoms with Crippen LogP contribution in [0.5, 0.6) is 0 Å². The van der Waals surface area contributed by atoms with Crippen molar-refractivity contribution in [2.45, 2.75) is 120 Å². The van der Waals surface area contributed by atoms with Gasteiger partial charge in [0.25, 0.3) is 0 Å². The summed E-state index contributed by atoms with van der Waals surface area (Å²) in [4.78, 5) is 15.5. The summed E-state index contributed by atoms with van der Waals surface area (Å²) < 4.78 is 0. The fourth-order valence-electron chi connectivity index (χ4n) is 2.16. The molecule has 0 radical (unpaired) electrons. The smallest absolute Gasteiger partial charge is 0.677 e. The molecule has 0 aromatic carbocycles. The van der Waals surface area contributed by atoms with Gasteiger partial charge in [0.1, 0.15) is 0 Å². The SMILES string of the molecule is CCC[N-]C([N-]C(C)C)C(C)(C)C.CCC[N-]C([N-]C(C)C)C(C)(C)C.[CH-]=O.[CH-]=O.[Ru+6]. The van der Waals surface area contributed by atoms with E-state index >= 15 is 0 Å². The monoisotopic (exact) mass is 528 g/mol. The van der Waals surface area contributed by atoms with Crippen molar-refractivity contribution >= 4 is 13.6 Å². The predicted molar refractivity (Wildman–Crippen MR) is 134 cm³/mol. The minimum absolute atomic E-state index is 0. The number of hydrogen-bond donors (Lipinski definition) is 0. The molecule has 0 aliphatic heterocycles. The van der Waals surface area contributed by atoms with Gasteiger partial charge in [0.2, 0.25) is 0 Å². The molecule has 0 saturated carbocycles. The van der Waals surface area contributed by atoms with Crippen molar-refractivity contribution in [1.29, 1.82) is 0 Å². The van der Waals surface area contributed by atoms with Crippen LogP contribution in [0.3, 0.4) is 0 Å². The average molecular weight is 528 g/mol. The van der Waals surface area contributed by atoms with Crippen LogP contribution in [-0.2, 0) is 29.1 Å². The first-order chi connectivity index (χ1) is 13.8. The molecule has 0 fully saturated rings. The zero-order valence-corrected chi connectivity index (χ0v) is 24.0. The Labute approximate surface area is 208 Å². The molecular weight excluding hydrogens is 477 g/mol. The molecule has 0 bridgehead atoms. The van der Waals surface area contributed by atoms with E-state index in [1.54, 1.807) is 0 Å². The Morgan fingerprint density at radius 1 is 0.613 bits per heavy atom. The molecule has 6 nitrogen and oxygen atoms in total. The summed E-state index contributed by atoms with van der Waals surface area (Å²) in [5, 5.41) is 18.4. The molecule has 0 aromatic heterocycles. The maximum atomic E-state index is 7.75. The molecule has 0 heterocycles. The molecule has 0 rings (SSSR count). The zero-order chi connectivity index (χ0) is 25.0. The molecule has 2 unspecified atom stereocenters.